The van der Waals surface area contributed by atoms with E-state index in [0.29, 0.717) is 5.95 Å². The van der Waals surface area contributed by atoms with E-state index in [0.717, 1.165) is 29.6 Å². The average Bonchev–Trinajstić information content (AvgIpc) is 2.55. The van der Waals surface area contributed by atoms with Gasteiger partial charge >= 0.3 is 0 Å². The normalized spacial score (nSPS) is 11.1. The molecule has 3 N–H and O–H groups in total. The van der Waals surface area contributed by atoms with Crippen molar-refractivity contribution in [3.05, 3.63) is 23.8 Å². The third-order valence-corrected chi connectivity index (χ3v) is 2.47. The van der Waals surface area contributed by atoms with Gasteiger partial charge in [-0.05, 0) is 24.1 Å². The van der Waals surface area contributed by atoms with Crippen molar-refractivity contribution in [2.45, 2.75) is 26.5 Å². The van der Waals surface area contributed by atoms with Gasteiger partial charge in [-0.3, -0.25) is 0 Å². The molecule has 0 aliphatic carbocycles. The minimum Gasteiger partial charge on any atom is -0.392 e. The highest BCUT2D eigenvalue weighted by Gasteiger charge is 2.07. The number of aromatic nitrogens is 2. The molecule has 0 bridgehead atoms. The molecule has 1 aromatic heterocycles. The molecule has 0 saturated carbocycles. The Morgan fingerprint density at radius 3 is 2.93 bits per heavy atom. The van der Waals surface area contributed by atoms with Crippen LogP contribution < -0.4 is 5.73 Å². The molecule has 2 aromatic rings. The van der Waals surface area contributed by atoms with Crippen LogP contribution >= 0.6 is 0 Å². The summed E-state index contributed by atoms with van der Waals surface area (Å²) in [5, 5.41) is 9.01. The van der Waals surface area contributed by atoms with Crippen molar-refractivity contribution in [3.63, 3.8) is 0 Å². The van der Waals surface area contributed by atoms with Crippen molar-refractivity contribution in [3.8, 4) is 0 Å². The van der Waals surface area contributed by atoms with Crippen LogP contribution in [-0.4, -0.2) is 14.7 Å². The maximum atomic E-state index is 9.01. The number of nitrogens with two attached hydrogens (primary N) is 1. The highest BCUT2D eigenvalue weighted by atomic mass is 16.3. The molecule has 0 unspecified atom stereocenters. The standard InChI is InChI=1S/C11H15N3O/c1-2-5-14-10-4-3-8(7-15)6-9(10)13-11(14)12/h3-4,6,15H,2,5,7H2,1H3,(H2,12,13). The summed E-state index contributed by atoms with van der Waals surface area (Å²) in [4.78, 5) is 4.27. The summed E-state index contributed by atoms with van der Waals surface area (Å²) in [6.45, 7) is 3.02. The Morgan fingerprint density at radius 1 is 1.47 bits per heavy atom. The van der Waals surface area contributed by atoms with Crippen LogP contribution in [-0.2, 0) is 13.2 Å². The van der Waals surface area contributed by atoms with Crippen LogP contribution in [0, 0.1) is 0 Å². The molecule has 15 heavy (non-hydrogen) atoms. The van der Waals surface area contributed by atoms with Crippen molar-refractivity contribution in [1.82, 2.24) is 9.55 Å². The predicted molar refractivity (Wildman–Crippen MR) is 60.4 cm³/mol. The quantitative estimate of drug-likeness (QED) is 0.798. The number of anilines is 1. The fourth-order valence-corrected chi connectivity index (χ4v) is 1.75. The van der Waals surface area contributed by atoms with E-state index in [2.05, 4.69) is 11.9 Å². The van der Waals surface area contributed by atoms with Crippen molar-refractivity contribution in [2.24, 2.45) is 0 Å². The second-order valence-corrected chi connectivity index (χ2v) is 3.60. The molecule has 0 aliphatic heterocycles. The summed E-state index contributed by atoms with van der Waals surface area (Å²) in [7, 11) is 0. The summed E-state index contributed by atoms with van der Waals surface area (Å²) < 4.78 is 2.00. The number of fused-ring (bicyclic) bond motifs is 1. The van der Waals surface area contributed by atoms with Gasteiger partial charge in [0.25, 0.3) is 0 Å². The number of aryl methyl sites for hydroxylation is 1. The van der Waals surface area contributed by atoms with E-state index in [-0.39, 0.29) is 6.61 Å². The van der Waals surface area contributed by atoms with Crippen LogP contribution in [0.5, 0.6) is 0 Å². The number of hydrogen-bond donors (Lipinski definition) is 2. The Balaban J connectivity index is 2.58. The lowest BCUT2D eigenvalue weighted by atomic mass is 10.2. The maximum Gasteiger partial charge on any atom is 0.201 e. The zero-order valence-electron chi connectivity index (χ0n) is 8.77. The van der Waals surface area contributed by atoms with E-state index in [1.165, 1.54) is 0 Å². The Bertz CT molecular complexity index is 476. The first-order valence-corrected chi connectivity index (χ1v) is 5.11. The summed E-state index contributed by atoms with van der Waals surface area (Å²) in [6.07, 6.45) is 1.03. The summed E-state index contributed by atoms with van der Waals surface area (Å²) >= 11 is 0. The lowest BCUT2D eigenvalue weighted by Gasteiger charge is -2.03. The first-order valence-electron chi connectivity index (χ1n) is 5.11. The highest BCUT2D eigenvalue weighted by molar-refractivity contribution is 5.79. The summed E-state index contributed by atoms with van der Waals surface area (Å²) in [5.41, 5.74) is 8.57. The molecule has 1 heterocycles. The van der Waals surface area contributed by atoms with Crippen LogP contribution in [0.4, 0.5) is 5.95 Å². The SMILES string of the molecule is CCCn1c(N)nc2cc(CO)ccc21. The second kappa shape index (κ2) is 3.90. The number of hydrogen-bond acceptors (Lipinski definition) is 3. The lowest BCUT2D eigenvalue weighted by molar-refractivity contribution is 0.282. The van der Waals surface area contributed by atoms with Gasteiger partial charge in [0.05, 0.1) is 17.6 Å². The minimum absolute atomic E-state index is 0.0382. The molecule has 0 atom stereocenters. The monoisotopic (exact) mass is 205 g/mol. The average molecular weight is 205 g/mol. The summed E-state index contributed by atoms with van der Waals surface area (Å²) in [6, 6.07) is 5.73. The third kappa shape index (κ3) is 1.68. The summed E-state index contributed by atoms with van der Waals surface area (Å²) in [5.74, 6) is 0.543. The van der Waals surface area contributed by atoms with Crippen LogP contribution in [0.3, 0.4) is 0 Å². The number of nitrogen functional groups attached to an aromatic ring is 1. The van der Waals surface area contributed by atoms with Gasteiger partial charge in [0, 0.05) is 6.54 Å². The molecule has 1 aromatic carbocycles. The molecular weight excluding hydrogens is 190 g/mol. The maximum absolute atomic E-state index is 9.01. The van der Waals surface area contributed by atoms with Crippen LogP contribution in [0.15, 0.2) is 18.2 Å². The zero-order chi connectivity index (χ0) is 10.8. The topological polar surface area (TPSA) is 64.1 Å². The largest absolute Gasteiger partial charge is 0.392 e. The number of rotatable bonds is 3. The molecule has 0 radical (unpaired) electrons. The minimum atomic E-state index is 0.0382. The van der Waals surface area contributed by atoms with Crippen molar-refractivity contribution in [1.29, 1.82) is 0 Å². The first kappa shape index (κ1) is 9.98. The van der Waals surface area contributed by atoms with E-state index in [1.54, 1.807) is 0 Å². The number of imidazole rings is 1. The molecule has 2 rings (SSSR count). The Kier molecular flexibility index (Phi) is 2.60. The van der Waals surface area contributed by atoms with E-state index in [1.807, 2.05) is 22.8 Å². The van der Waals surface area contributed by atoms with E-state index in [9.17, 15) is 0 Å². The lowest BCUT2D eigenvalue weighted by Crippen LogP contribution is -2.02. The van der Waals surface area contributed by atoms with Gasteiger partial charge in [0.15, 0.2) is 0 Å². The molecule has 0 fully saturated rings. The number of aliphatic hydroxyl groups excluding tert-OH is 1. The molecule has 4 nitrogen and oxygen atoms in total. The van der Waals surface area contributed by atoms with E-state index in [4.69, 9.17) is 10.8 Å². The van der Waals surface area contributed by atoms with Gasteiger partial charge in [-0.2, -0.15) is 0 Å². The predicted octanol–water partition coefficient (Wildman–Crippen LogP) is 1.52. The van der Waals surface area contributed by atoms with Crippen molar-refractivity contribution < 1.29 is 5.11 Å². The first-order chi connectivity index (χ1) is 7.26. The molecule has 0 spiro atoms. The molecule has 0 saturated heterocycles. The smallest absolute Gasteiger partial charge is 0.201 e. The molecule has 0 amide bonds. The third-order valence-electron chi connectivity index (χ3n) is 2.47. The zero-order valence-corrected chi connectivity index (χ0v) is 8.77. The molecule has 80 valence electrons. The van der Waals surface area contributed by atoms with E-state index < -0.39 is 0 Å². The Hall–Kier alpha value is -1.55. The van der Waals surface area contributed by atoms with Gasteiger partial charge in [0.2, 0.25) is 5.95 Å². The van der Waals surface area contributed by atoms with E-state index >= 15 is 0 Å². The van der Waals surface area contributed by atoms with Crippen LogP contribution in [0.2, 0.25) is 0 Å². The Labute approximate surface area is 88.3 Å². The van der Waals surface area contributed by atoms with Crippen molar-refractivity contribution in [2.75, 3.05) is 5.73 Å². The van der Waals surface area contributed by atoms with Gasteiger partial charge in [-0.15, -0.1) is 0 Å². The second-order valence-electron chi connectivity index (χ2n) is 3.60. The van der Waals surface area contributed by atoms with Gasteiger partial charge in [0.1, 0.15) is 0 Å². The number of aliphatic hydroxyl groups is 1. The molecular formula is C11H15N3O. The van der Waals surface area contributed by atoms with Crippen LogP contribution in [0.25, 0.3) is 11.0 Å². The fourth-order valence-electron chi connectivity index (χ4n) is 1.75. The number of benzene rings is 1. The Morgan fingerprint density at radius 2 is 2.27 bits per heavy atom. The fraction of sp³-hybridized carbons (Fsp3) is 0.364. The molecule has 4 heteroatoms. The van der Waals surface area contributed by atoms with Crippen LogP contribution in [0.1, 0.15) is 18.9 Å². The number of nitrogens with zero attached hydrogens (tertiary/aromatic N) is 2. The highest BCUT2D eigenvalue weighted by Crippen LogP contribution is 2.19. The van der Waals surface area contributed by atoms with Gasteiger partial charge < -0.3 is 15.4 Å². The van der Waals surface area contributed by atoms with Gasteiger partial charge in [-0.25, -0.2) is 4.98 Å². The molecule has 0 aliphatic rings. The van der Waals surface area contributed by atoms with Gasteiger partial charge in [-0.1, -0.05) is 13.0 Å². The van der Waals surface area contributed by atoms with Crippen molar-refractivity contribution >= 4 is 17.0 Å².